The molecule has 2 rings (SSSR count). The highest BCUT2D eigenvalue weighted by Gasteiger charge is 2.15. The maximum Gasteiger partial charge on any atom is 0.139 e. The van der Waals surface area contributed by atoms with E-state index in [2.05, 4.69) is 10.9 Å². The molecular weight excluding hydrogens is 152 g/mol. The topological polar surface area (TPSA) is 41.1 Å². The zero-order valence-corrected chi connectivity index (χ0v) is 6.58. The van der Waals surface area contributed by atoms with E-state index in [1.54, 1.807) is 0 Å². The molecule has 0 amide bonds. The normalized spacial score (nSPS) is 20.8. The standard InChI is InChI=1S/C9H10N2O/c12-6-8-5-7-3-1-2-4-9(7)11-10-8/h1-4,6,8,10-11H,5H2. The van der Waals surface area contributed by atoms with Gasteiger partial charge in [-0.3, -0.25) is 0 Å². The van der Waals surface area contributed by atoms with Gasteiger partial charge in [-0.15, -0.1) is 0 Å². The number of hydrogen-bond acceptors (Lipinski definition) is 3. The van der Waals surface area contributed by atoms with Crippen molar-refractivity contribution in [3.8, 4) is 0 Å². The van der Waals surface area contributed by atoms with Crippen molar-refractivity contribution < 1.29 is 4.79 Å². The summed E-state index contributed by atoms with van der Waals surface area (Å²) < 4.78 is 0. The van der Waals surface area contributed by atoms with Crippen molar-refractivity contribution in [2.24, 2.45) is 0 Å². The quantitative estimate of drug-likeness (QED) is 0.598. The summed E-state index contributed by atoms with van der Waals surface area (Å²) in [5.41, 5.74) is 8.14. The molecule has 0 radical (unpaired) electrons. The highest BCUT2D eigenvalue weighted by atomic mass is 16.1. The first-order chi connectivity index (χ1) is 5.90. The van der Waals surface area contributed by atoms with E-state index in [4.69, 9.17) is 0 Å². The minimum Gasteiger partial charge on any atom is -0.321 e. The number of carbonyl (C=O) groups is 1. The molecule has 2 N–H and O–H groups in total. The van der Waals surface area contributed by atoms with Gasteiger partial charge < -0.3 is 10.2 Å². The van der Waals surface area contributed by atoms with E-state index in [9.17, 15) is 4.79 Å². The molecule has 12 heavy (non-hydrogen) atoms. The summed E-state index contributed by atoms with van der Waals surface area (Å²) >= 11 is 0. The number of fused-ring (bicyclic) bond motifs is 1. The van der Waals surface area contributed by atoms with Crippen LogP contribution in [0.4, 0.5) is 5.69 Å². The van der Waals surface area contributed by atoms with E-state index in [1.807, 2.05) is 24.3 Å². The molecule has 1 aliphatic rings. The summed E-state index contributed by atoms with van der Waals surface area (Å²) in [5.74, 6) is 0. The molecule has 1 heterocycles. The number of rotatable bonds is 1. The third kappa shape index (κ3) is 1.19. The van der Waals surface area contributed by atoms with Gasteiger partial charge in [0, 0.05) is 0 Å². The first kappa shape index (κ1) is 7.31. The van der Waals surface area contributed by atoms with Gasteiger partial charge >= 0.3 is 0 Å². The van der Waals surface area contributed by atoms with Crippen LogP contribution in [-0.2, 0) is 11.2 Å². The third-order valence-corrected chi connectivity index (χ3v) is 2.01. The summed E-state index contributed by atoms with van der Waals surface area (Å²) in [4.78, 5) is 10.5. The number of hydrogen-bond donors (Lipinski definition) is 2. The number of anilines is 1. The average molecular weight is 162 g/mol. The molecule has 0 saturated carbocycles. The molecule has 3 nitrogen and oxygen atoms in total. The van der Waals surface area contributed by atoms with Gasteiger partial charge in [-0.25, -0.2) is 5.43 Å². The van der Waals surface area contributed by atoms with Crippen molar-refractivity contribution >= 4 is 12.0 Å². The summed E-state index contributed by atoms with van der Waals surface area (Å²) in [6.07, 6.45) is 1.69. The largest absolute Gasteiger partial charge is 0.321 e. The number of benzene rings is 1. The Hall–Kier alpha value is -1.35. The maximum atomic E-state index is 10.5. The second-order valence-electron chi connectivity index (χ2n) is 2.87. The molecule has 0 spiro atoms. The van der Waals surface area contributed by atoms with Crippen LogP contribution >= 0.6 is 0 Å². The lowest BCUT2D eigenvalue weighted by Gasteiger charge is -2.23. The summed E-state index contributed by atoms with van der Waals surface area (Å²) in [7, 11) is 0. The maximum absolute atomic E-state index is 10.5. The van der Waals surface area contributed by atoms with Gasteiger partial charge in [0.15, 0.2) is 0 Å². The predicted molar refractivity (Wildman–Crippen MR) is 46.8 cm³/mol. The Balaban J connectivity index is 2.28. The van der Waals surface area contributed by atoms with E-state index in [1.165, 1.54) is 5.56 Å². The highest BCUT2D eigenvalue weighted by Crippen LogP contribution is 2.18. The SMILES string of the molecule is O=CC1Cc2ccccc2NN1. The Morgan fingerprint density at radius 1 is 1.42 bits per heavy atom. The number of hydrazine groups is 1. The van der Waals surface area contributed by atoms with Crippen molar-refractivity contribution in [1.82, 2.24) is 5.43 Å². The van der Waals surface area contributed by atoms with Crippen LogP contribution in [0.2, 0.25) is 0 Å². The van der Waals surface area contributed by atoms with Gasteiger partial charge in [0.05, 0.1) is 11.7 Å². The zero-order valence-electron chi connectivity index (χ0n) is 6.58. The van der Waals surface area contributed by atoms with Crippen LogP contribution < -0.4 is 10.9 Å². The number of nitrogens with one attached hydrogen (secondary N) is 2. The van der Waals surface area contributed by atoms with Crippen LogP contribution in [0.3, 0.4) is 0 Å². The minimum atomic E-state index is -0.0973. The van der Waals surface area contributed by atoms with Gasteiger partial charge in [-0.1, -0.05) is 18.2 Å². The Bertz CT molecular complexity index is 298. The Morgan fingerprint density at radius 3 is 3.08 bits per heavy atom. The molecule has 0 saturated heterocycles. The predicted octanol–water partition coefficient (Wildman–Crippen LogP) is 0.727. The Kier molecular flexibility index (Phi) is 1.80. The van der Waals surface area contributed by atoms with E-state index < -0.39 is 0 Å². The molecule has 3 heteroatoms. The lowest BCUT2D eigenvalue weighted by atomic mass is 10.0. The summed E-state index contributed by atoms with van der Waals surface area (Å²) in [6, 6.07) is 7.87. The monoisotopic (exact) mass is 162 g/mol. The molecule has 1 atom stereocenters. The fourth-order valence-corrected chi connectivity index (χ4v) is 1.36. The van der Waals surface area contributed by atoms with Gasteiger partial charge in [0.1, 0.15) is 6.29 Å². The molecular formula is C9H10N2O. The first-order valence-corrected chi connectivity index (χ1v) is 3.95. The number of carbonyl (C=O) groups excluding carboxylic acids is 1. The fraction of sp³-hybridized carbons (Fsp3) is 0.222. The van der Waals surface area contributed by atoms with Gasteiger partial charge in [-0.2, -0.15) is 0 Å². The summed E-state index contributed by atoms with van der Waals surface area (Å²) in [6.45, 7) is 0. The van der Waals surface area contributed by atoms with Crippen LogP contribution in [-0.4, -0.2) is 12.3 Å². The van der Waals surface area contributed by atoms with Crippen LogP contribution in [0, 0.1) is 0 Å². The van der Waals surface area contributed by atoms with Crippen LogP contribution in [0.1, 0.15) is 5.56 Å². The zero-order chi connectivity index (χ0) is 8.39. The summed E-state index contributed by atoms with van der Waals surface area (Å²) in [5, 5.41) is 0. The van der Waals surface area contributed by atoms with E-state index in [-0.39, 0.29) is 6.04 Å². The van der Waals surface area contributed by atoms with Crippen molar-refractivity contribution in [2.75, 3.05) is 5.43 Å². The smallest absolute Gasteiger partial charge is 0.139 e. The minimum absolute atomic E-state index is 0.0973. The van der Waals surface area contributed by atoms with Crippen molar-refractivity contribution in [3.63, 3.8) is 0 Å². The van der Waals surface area contributed by atoms with E-state index in [0.717, 1.165) is 18.4 Å². The van der Waals surface area contributed by atoms with Gasteiger partial charge in [-0.05, 0) is 18.1 Å². The Morgan fingerprint density at radius 2 is 2.25 bits per heavy atom. The molecule has 0 bridgehead atoms. The van der Waals surface area contributed by atoms with Crippen molar-refractivity contribution in [3.05, 3.63) is 29.8 Å². The molecule has 1 unspecified atom stereocenters. The van der Waals surface area contributed by atoms with Gasteiger partial charge in [0.2, 0.25) is 0 Å². The number of aldehydes is 1. The van der Waals surface area contributed by atoms with Crippen molar-refractivity contribution in [1.29, 1.82) is 0 Å². The van der Waals surface area contributed by atoms with Crippen LogP contribution in [0.5, 0.6) is 0 Å². The van der Waals surface area contributed by atoms with Gasteiger partial charge in [0.25, 0.3) is 0 Å². The second-order valence-corrected chi connectivity index (χ2v) is 2.87. The average Bonchev–Trinajstić information content (AvgIpc) is 2.17. The first-order valence-electron chi connectivity index (χ1n) is 3.95. The van der Waals surface area contributed by atoms with E-state index in [0.29, 0.717) is 0 Å². The Labute approximate surface area is 70.8 Å². The van der Waals surface area contributed by atoms with Crippen LogP contribution in [0.15, 0.2) is 24.3 Å². The molecule has 0 aromatic heterocycles. The number of para-hydroxylation sites is 1. The molecule has 62 valence electrons. The lowest BCUT2D eigenvalue weighted by Crippen LogP contribution is -2.40. The van der Waals surface area contributed by atoms with Crippen LogP contribution in [0.25, 0.3) is 0 Å². The fourth-order valence-electron chi connectivity index (χ4n) is 1.36. The second kappa shape index (κ2) is 2.95. The molecule has 0 aliphatic carbocycles. The lowest BCUT2D eigenvalue weighted by molar-refractivity contribution is -0.109. The molecule has 0 fully saturated rings. The molecule has 1 aliphatic heterocycles. The van der Waals surface area contributed by atoms with Crippen molar-refractivity contribution in [2.45, 2.75) is 12.5 Å². The molecule has 1 aromatic rings. The van der Waals surface area contributed by atoms with E-state index >= 15 is 0 Å². The highest BCUT2D eigenvalue weighted by molar-refractivity contribution is 5.63. The molecule has 1 aromatic carbocycles. The third-order valence-electron chi connectivity index (χ3n) is 2.01.